The molecule has 0 atom stereocenters. The molecule has 1 aromatic carbocycles. The second kappa shape index (κ2) is 6.97. The SMILES string of the molecule is C=C1CC(=O)C(=Cc2ccc(-c3ccccc3N=O)o2)C(=O)C1.O. The van der Waals surface area contributed by atoms with Gasteiger partial charge in [-0.2, -0.15) is 0 Å². The highest BCUT2D eigenvalue weighted by molar-refractivity contribution is 6.26. The van der Waals surface area contributed by atoms with Gasteiger partial charge in [-0.3, -0.25) is 9.59 Å². The lowest BCUT2D eigenvalue weighted by molar-refractivity contribution is -0.122. The Morgan fingerprint density at radius 2 is 1.71 bits per heavy atom. The van der Waals surface area contributed by atoms with Gasteiger partial charge < -0.3 is 9.89 Å². The van der Waals surface area contributed by atoms with Crippen LogP contribution in [0.25, 0.3) is 17.4 Å². The van der Waals surface area contributed by atoms with Gasteiger partial charge in [0.25, 0.3) is 0 Å². The van der Waals surface area contributed by atoms with Crippen molar-refractivity contribution in [3.05, 3.63) is 64.8 Å². The number of furan rings is 1. The van der Waals surface area contributed by atoms with E-state index in [0.717, 1.165) is 0 Å². The second-order valence-electron chi connectivity index (χ2n) is 5.32. The first-order valence-electron chi connectivity index (χ1n) is 7.06. The average Bonchev–Trinajstić information content (AvgIpc) is 2.99. The molecule has 1 aromatic heterocycles. The molecule has 0 aliphatic heterocycles. The largest absolute Gasteiger partial charge is 0.457 e. The fourth-order valence-corrected chi connectivity index (χ4v) is 2.50. The Morgan fingerprint density at radius 3 is 2.38 bits per heavy atom. The smallest absolute Gasteiger partial charge is 0.170 e. The molecule has 1 fully saturated rings. The lowest BCUT2D eigenvalue weighted by Gasteiger charge is -2.13. The van der Waals surface area contributed by atoms with Crippen LogP contribution in [0.4, 0.5) is 5.69 Å². The van der Waals surface area contributed by atoms with Crippen LogP contribution in [0, 0.1) is 4.91 Å². The fraction of sp³-hybridized carbons (Fsp3) is 0.111. The highest BCUT2D eigenvalue weighted by Crippen LogP contribution is 2.32. The molecule has 2 aromatic rings. The first-order valence-corrected chi connectivity index (χ1v) is 7.06. The summed E-state index contributed by atoms with van der Waals surface area (Å²) in [6, 6.07) is 10.1. The molecule has 1 heterocycles. The number of nitroso groups, excluding NO2 is 1. The van der Waals surface area contributed by atoms with Gasteiger partial charge in [0.1, 0.15) is 17.2 Å². The van der Waals surface area contributed by atoms with Crippen molar-refractivity contribution in [2.75, 3.05) is 0 Å². The predicted molar refractivity (Wildman–Crippen MR) is 89.6 cm³/mol. The molecule has 2 N–H and O–H groups in total. The molecule has 0 unspecified atom stereocenters. The van der Waals surface area contributed by atoms with Gasteiger partial charge in [0.05, 0.1) is 5.57 Å². The molecule has 0 saturated heterocycles. The number of Topliss-reactive ketones (excluding diaryl/α,β-unsaturated/α-hetero) is 2. The molecule has 122 valence electrons. The number of benzene rings is 1. The number of hydrogen-bond acceptors (Lipinski definition) is 5. The van der Waals surface area contributed by atoms with E-state index in [-0.39, 0.29) is 41.1 Å². The van der Waals surface area contributed by atoms with Crippen LogP contribution in [0.5, 0.6) is 0 Å². The van der Waals surface area contributed by atoms with Crippen LogP contribution in [0.3, 0.4) is 0 Å². The molecular formula is C18H15NO5. The number of ketones is 2. The first kappa shape index (κ1) is 17.2. The standard InChI is InChI=1S/C18H13NO4.H2O/c1-11-8-16(20)14(17(21)9-11)10-12-6-7-18(23-12)13-4-2-3-5-15(13)19-22;/h2-7,10H,1,8-9H2;1H2. The summed E-state index contributed by atoms with van der Waals surface area (Å²) >= 11 is 0. The van der Waals surface area contributed by atoms with E-state index >= 15 is 0 Å². The van der Waals surface area contributed by atoms with Crippen molar-refractivity contribution < 1.29 is 19.5 Å². The molecule has 6 nitrogen and oxygen atoms in total. The van der Waals surface area contributed by atoms with Gasteiger partial charge in [-0.1, -0.05) is 24.3 Å². The van der Waals surface area contributed by atoms with Gasteiger partial charge in [-0.15, -0.1) is 4.91 Å². The minimum absolute atomic E-state index is 0. The van der Waals surface area contributed by atoms with Crippen molar-refractivity contribution >= 4 is 23.3 Å². The van der Waals surface area contributed by atoms with Crippen molar-refractivity contribution in [3.63, 3.8) is 0 Å². The minimum atomic E-state index is -0.251. The second-order valence-corrected chi connectivity index (χ2v) is 5.32. The maximum Gasteiger partial charge on any atom is 0.170 e. The maximum absolute atomic E-state index is 11.9. The summed E-state index contributed by atoms with van der Waals surface area (Å²) in [6.07, 6.45) is 1.81. The monoisotopic (exact) mass is 325 g/mol. The van der Waals surface area contributed by atoms with Gasteiger partial charge in [-0.05, 0) is 35.5 Å². The zero-order valence-electron chi connectivity index (χ0n) is 12.7. The van der Waals surface area contributed by atoms with Crippen LogP contribution in [-0.4, -0.2) is 17.0 Å². The number of hydrogen-bond donors (Lipinski definition) is 0. The van der Waals surface area contributed by atoms with E-state index in [4.69, 9.17) is 4.42 Å². The van der Waals surface area contributed by atoms with E-state index in [2.05, 4.69) is 11.8 Å². The quantitative estimate of drug-likeness (QED) is 0.373. The molecule has 6 heteroatoms. The molecule has 1 aliphatic carbocycles. The van der Waals surface area contributed by atoms with Gasteiger partial charge in [0, 0.05) is 18.4 Å². The molecule has 3 rings (SSSR count). The first-order chi connectivity index (χ1) is 11.1. The minimum Gasteiger partial charge on any atom is -0.457 e. The number of rotatable bonds is 3. The molecule has 0 amide bonds. The normalized spacial score (nSPS) is 14.3. The van der Waals surface area contributed by atoms with Crippen LogP contribution in [0.15, 0.2) is 63.7 Å². The van der Waals surface area contributed by atoms with Crippen molar-refractivity contribution in [1.29, 1.82) is 0 Å². The Hall–Kier alpha value is -3.12. The van der Waals surface area contributed by atoms with Gasteiger partial charge >= 0.3 is 0 Å². The van der Waals surface area contributed by atoms with Crippen LogP contribution in [-0.2, 0) is 9.59 Å². The average molecular weight is 325 g/mol. The molecule has 24 heavy (non-hydrogen) atoms. The molecule has 1 aliphatic rings. The Balaban J connectivity index is 0.00000208. The number of carbonyl (C=O) groups excluding carboxylic acids is 2. The number of allylic oxidation sites excluding steroid dienone is 2. The zero-order valence-corrected chi connectivity index (χ0v) is 12.7. The molecule has 0 spiro atoms. The van der Waals surface area contributed by atoms with E-state index in [1.54, 1.807) is 36.4 Å². The van der Waals surface area contributed by atoms with Gasteiger partial charge in [0.2, 0.25) is 0 Å². The van der Waals surface area contributed by atoms with E-state index in [1.807, 2.05) is 0 Å². The Kier molecular flexibility index (Phi) is 5.01. The number of nitrogens with zero attached hydrogens (tertiary/aromatic N) is 1. The fourth-order valence-electron chi connectivity index (χ4n) is 2.50. The summed E-state index contributed by atoms with van der Waals surface area (Å²) < 4.78 is 5.64. The summed E-state index contributed by atoms with van der Waals surface area (Å²) in [5.41, 5.74) is 1.58. The zero-order chi connectivity index (χ0) is 16.4. The Labute approximate surface area is 137 Å². The van der Waals surface area contributed by atoms with E-state index in [0.29, 0.717) is 22.7 Å². The van der Waals surface area contributed by atoms with Crippen molar-refractivity contribution in [3.8, 4) is 11.3 Å². The van der Waals surface area contributed by atoms with Crippen LogP contribution in [0.1, 0.15) is 18.6 Å². The Morgan fingerprint density at radius 1 is 1.04 bits per heavy atom. The van der Waals surface area contributed by atoms with Crippen LogP contribution < -0.4 is 0 Å². The van der Waals surface area contributed by atoms with E-state index in [1.165, 1.54) is 6.08 Å². The number of carbonyl (C=O) groups is 2. The van der Waals surface area contributed by atoms with E-state index in [9.17, 15) is 14.5 Å². The molecular weight excluding hydrogens is 310 g/mol. The summed E-state index contributed by atoms with van der Waals surface area (Å²) in [5, 5.41) is 2.96. The highest BCUT2D eigenvalue weighted by atomic mass is 16.3. The molecule has 1 saturated carbocycles. The van der Waals surface area contributed by atoms with Crippen molar-refractivity contribution in [2.45, 2.75) is 12.8 Å². The third-order valence-corrected chi connectivity index (χ3v) is 3.60. The third-order valence-electron chi connectivity index (χ3n) is 3.60. The molecule has 0 radical (unpaired) electrons. The van der Waals surface area contributed by atoms with Gasteiger partial charge in [-0.25, -0.2) is 0 Å². The van der Waals surface area contributed by atoms with Crippen molar-refractivity contribution in [2.24, 2.45) is 5.18 Å². The highest BCUT2D eigenvalue weighted by Gasteiger charge is 2.25. The summed E-state index contributed by atoms with van der Waals surface area (Å²) in [7, 11) is 0. The maximum atomic E-state index is 11.9. The molecule has 0 bridgehead atoms. The lowest BCUT2D eigenvalue weighted by atomic mass is 9.88. The van der Waals surface area contributed by atoms with Gasteiger partial charge in [0.15, 0.2) is 11.6 Å². The van der Waals surface area contributed by atoms with E-state index < -0.39 is 0 Å². The third kappa shape index (κ3) is 3.28. The summed E-state index contributed by atoms with van der Waals surface area (Å²) in [6.45, 7) is 3.69. The summed E-state index contributed by atoms with van der Waals surface area (Å²) in [5.74, 6) is 0.329. The topological polar surface area (TPSA) is 108 Å². The van der Waals surface area contributed by atoms with Crippen LogP contribution >= 0.6 is 0 Å². The Bertz CT molecular complexity index is 838. The van der Waals surface area contributed by atoms with Crippen molar-refractivity contribution in [1.82, 2.24) is 0 Å². The van der Waals surface area contributed by atoms with Crippen LogP contribution in [0.2, 0.25) is 0 Å². The predicted octanol–water partition coefficient (Wildman–Crippen LogP) is 3.39. The lowest BCUT2D eigenvalue weighted by Crippen LogP contribution is -2.19. The summed E-state index contributed by atoms with van der Waals surface area (Å²) in [4.78, 5) is 34.7.